The number of nitrogens with zero attached hydrogens (tertiary/aromatic N) is 3. The van der Waals surface area contributed by atoms with Crippen LogP contribution in [-0.4, -0.2) is 88.4 Å². The Morgan fingerprint density at radius 3 is 2.55 bits per heavy atom. The largest absolute Gasteiger partial charge is 0.461 e. The topological polar surface area (TPSA) is 131 Å². The molecular weight excluding hydrogens is 515 g/mol. The molecule has 15 heteroatoms. The number of carbonyl (C=O) groups excluding carboxylic acids is 2. The van der Waals surface area contributed by atoms with Gasteiger partial charge in [0, 0.05) is 18.4 Å². The fourth-order valence-electron chi connectivity index (χ4n) is 4.02. The highest BCUT2D eigenvalue weighted by Crippen LogP contribution is 2.45. The summed E-state index contributed by atoms with van der Waals surface area (Å²) in [5, 5.41) is 8.83. The minimum Gasteiger partial charge on any atom is -0.461 e. The van der Waals surface area contributed by atoms with E-state index in [0.717, 1.165) is 0 Å². The molecule has 0 aromatic carbocycles. The zero-order valence-electron chi connectivity index (χ0n) is 21.7. The highest BCUT2D eigenvalue weighted by Gasteiger charge is 2.39. The second-order valence-electron chi connectivity index (χ2n) is 8.95. The lowest BCUT2D eigenvalue weighted by molar-refractivity contribution is -0.671. The third kappa shape index (κ3) is 9.95. The Bertz CT molecular complexity index is 949. The van der Waals surface area contributed by atoms with Crippen molar-refractivity contribution in [1.29, 1.82) is 5.26 Å². The molecule has 7 atom stereocenters. The predicted molar refractivity (Wildman–Crippen MR) is 133 cm³/mol. The lowest BCUT2D eigenvalue weighted by Crippen LogP contribution is -2.32. The Labute approximate surface area is 226 Å². The summed E-state index contributed by atoms with van der Waals surface area (Å²) in [6.45, 7) is 2.63. The van der Waals surface area contributed by atoms with Gasteiger partial charge in [0.25, 0.3) is 0 Å². The van der Waals surface area contributed by atoms with Crippen molar-refractivity contribution in [1.82, 2.24) is 4.57 Å². The quantitative estimate of drug-likeness (QED) is 0.0771. The van der Waals surface area contributed by atoms with Gasteiger partial charge in [0.05, 0.1) is 45.0 Å². The first-order valence-electron chi connectivity index (χ1n) is 12.5. The number of esters is 2. The van der Waals surface area contributed by atoms with Gasteiger partial charge in [-0.25, -0.2) is 9.13 Å². The third-order valence-electron chi connectivity index (χ3n) is 5.84. The average Bonchev–Trinajstić information content (AvgIpc) is 3.54. The summed E-state index contributed by atoms with van der Waals surface area (Å²) in [6, 6.07) is 0.891. The maximum absolute atomic E-state index is 12.4. The van der Waals surface area contributed by atoms with Gasteiger partial charge in [-0.15, -0.1) is 0 Å². The molecule has 0 N–H and O–H groups in total. The summed E-state index contributed by atoms with van der Waals surface area (Å²) in [4.78, 5) is 24.4. The van der Waals surface area contributed by atoms with Crippen molar-refractivity contribution in [3.63, 3.8) is 0 Å². The summed E-state index contributed by atoms with van der Waals surface area (Å²) in [5.41, 5.74) is 0. The maximum atomic E-state index is 12.4. The van der Waals surface area contributed by atoms with E-state index < -0.39 is 51.2 Å². The van der Waals surface area contributed by atoms with Crippen LogP contribution in [0.2, 0.25) is 0 Å². The minimum atomic E-state index is -1.87. The molecule has 0 spiro atoms. The van der Waals surface area contributed by atoms with Crippen LogP contribution >= 0.6 is 8.60 Å². The number of aryl methyl sites for hydroxylation is 1. The molecule has 1 unspecified atom stereocenters. The van der Waals surface area contributed by atoms with Gasteiger partial charge in [-0.3, -0.25) is 9.59 Å². The molecule has 3 rings (SSSR count). The number of rotatable bonds is 15. The van der Waals surface area contributed by atoms with Gasteiger partial charge in [0.2, 0.25) is 6.33 Å². The minimum absolute atomic E-state index is 0.0426. The normalized spacial score (nSPS) is 27.6. The highest BCUT2D eigenvalue weighted by atomic mass is 31.2. The van der Waals surface area contributed by atoms with Gasteiger partial charge in [0.1, 0.15) is 59.9 Å². The van der Waals surface area contributed by atoms with Crippen molar-refractivity contribution >= 4 is 36.2 Å². The fourth-order valence-corrected chi connectivity index (χ4v) is 5.17. The van der Waals surface area contributed by atoms with Crippen molar-refractivity contribution in [2.75, 3.05) is 19.8 Å². The molecule has 0 saturated carbocycles. The Morgan fingerprint density at radius 2 is 1.87 bits per heavy atom. The Balaban J connectivity index is 1.45. The molecule has 204 valence electrons. The van der Waals surface area contributed by atoms with Crippen molar-refractivity contribution in [2.24, 2.45) is 7.05 Å². The molecule has 2 saturated heterocycles. The first-order valence-corrected chi connectivity index (χ1v) is 13.6. The first kappa shape index (κ1) is 30.5. The van der Waals surface area contributed by atoms with E-state index in [0.29, 0.717) is 19.4 Å². The van der Waals surface area contributed by atoms with Crippen LogP contribution in [-0.2, 0) is 55.7 Å². The van der Waals surface area contributed by atoms with Crippen LogP contribution in [0, 0.1) is 11.3 Å². The van der Waals surface area contributed by atoms with E-state index in [1.165, 1.54) is 0 Å². The van der Waals surface area contributed by atoms with Gasteiger partial charge >= 0.3 is 20.5 Å². The number of carbonyl (C=O) groups is 2. The maximum Gasteiger partial charge on any atom is 0.333 e. The van der Waals surface area contributed by atoms with Crippen molar-refractivity contribution in [2.45, 2.75) is 82.0 Å². The van der Waals surface area contributed by atoms with Crippen molar-refractivity contribution < 1.29 is 46.7 Å². The lowest BCUT2D eigenvalue weighted by Gasteiger charge is -2.25. The van der Waals surface area contributed by atoms with Gasteiger partial charge in [-0.2, -0.15) is 5.26 Å². The molecule has 0 amide bonds. The number of ether oxygens (including phenoxy) is 4. The van der Waals surface area contributed by atoms with E-state index >= 15 is 0 Å². The summed E-state index contributed by atoms with van der Waals surface area (Å²) in [5.74, 6) is -1.44. The Morgan fingerprint density at radius 1 is 1.13 bits per heavy atom. The number of nitriles is 1. The van der Waals surface area contributed by atoms with Crippen molar-refractivity contribution in [3.05, 3.63) is 18.7 Å². The Hall–Kier alpha value is -2.00. The molecule has 12 nitrogen and oxygen atoms in total. The number of imidazole rings is 1. The van der Waals surface area contributed by atoms with Crippen LogP contribution in [0.15, 0.2) is 18.7 Å². The Kier molecular flexibility index (Phi) is 12.5. The standard InChI is InChI=1S/C23H33B2N3O9P/c1-3-16-18(12-21(25)34-16)37-38(32-9-4-5-26)33-14-19-17(11-20(24)35-19)36-23(30)13-22(29)31-10-8-28-7-6-27(2)15-28/h6-7,15-21H,3-4,8-14H2,1-2H3/q+1/t16-,17-,18-,19-,20-,21-,38?/m1/s1. The van der Waals surface area contributed by atoms with E-state index in [1.54, 1.807) is 0 Å². The SMILES string of the molecule is [B][C@H]1C[C@@H](OC(=O)CC(=O)OCCn2cc[n+](C)c2)[C@@H](COP(OCCC#N)O[C@@H]2C[C@H]([B])O[C@@H]2CC)O1. The summed E-state index contributed by atoms with van der Waals surface area (Å²) < 4.78 is 43.1. The second-order valence-corrected chi connectivity index (χ2v) is 10.1. The van der Waals surface area contributed by atoms with Gasteiger partial charge in [-0.1, -0.05) is 6.92 Å². The molecule has 1 aromatic heterocycles. The monoisotopic (exact) mass is 548 g/mol. The van der Waals surface area contributed by atoms with Crippen LogP contribution in [0.4, 0.5) is 0 Å². The van der Waals surface area contributed by atoms with Crippen molar-refractivity contribution in [3.8, 4) is 6.07 Å². The van der Waals surface area contributed by atoms with Gasteiger partial charge in [-0.05, 0) is 12.8 Å². The third-order valence-corrected chi connectivity index (χ3v) is 7.04. The highest BCUT2D eigenvalue weighted by molar-refractivity contribution is 7.41. The predicted octanol–water partition coefficient (Wildman–Crippen LogP) is 0.694. The number of aromatic nitrogens is 2. The molecule has 2 fully saturated rings. The number of hydrogen-bond donors (Lipinski definition) is 0. The second kappa shape index (κ2) is 15.6. The smallest absolute Gasteiger partial charge is 0.333 e. The molecule has 4 radical (unpaired) electrons. The summed E-state index contributed by atoms with van der Waals surface area (Å²) in [6.07, 6.45) is 4.64. The van der Waals surface area contributed by atoms with Crippen LogP contribution in [0.3, 0.4) is 0 Å². The summed E-state index contributed by atoms with van der Waals surface area (Å²) >= 11 is 0. The van der Waals surface area contributed by atoms with Crippen LogP contribution in [0.25, 0.3) is 0 Å². The molecule has 38 heavy (non-hydrogen) atoms. The number of hydrogen-bond acceptors (Lipinski definition) is 10. The lowest BCUT2D eigenvalue weighted by atomic mass is 9.96. The first-order chi connectivity index (χ1) is 18.3. The fraction of sp³-hybridized carbons (Fsp3) is 0.739. The zero-order valence-corrected chi connectivity index (χ0v) is 22.6. The van der Waals surface area contributed by atoms with E-state index in [-0.39, 0.29) is 44.9 Å². The summed E-state index contributed by atoms with van der Waals surface area (Å²) in [7, 11) is 11.8. The average molecular weight is 548 g/mol. The molecule has 1 aromatic rings. The molecular formula is C23H33B2N3O9P+. The van der Waals surface area contributed by atoms with Gasteiger partial charge < -0.3 is 32.5 Å². The van der Waals surface area contributed by atoms with E-state index in [4.69, 9.17) is 53.5 Å². The van der Waals surface area contributed by atoms with Crippen LogP contribution in [0.1, 0.15) is 39.0 Å². The molecule has 3 heterocycles. The zero-order chi connectivity index (χ0) is 27.5. The molecule has 2 aliphatic heterocycles. The van der Waals surface area contributed by atoms with E-state index in [9.17, 15) is 9.59 Å². The van der Waals surface area contributed by atoms with Crippen LogP contribution < -0.4 is 4.57 Å². The van der Waals surface area contributed by atoms with E-state index in [2.05, 4.69) is 0 Å². The van der Waals surface area contributed by atoms with E-state index in [1.807, 2.05) is 47.9 Å². The molecule has 2 aliphatic rings. The molecule has 0 aliphatic carbocycles. The van der Waals surface area contributed by atoms with Crippen LogP contribution in [0.5, 0.6) is 0 Å². The molecule has 0 bridgehead atoms. The van der Waals surface area contributed by atoms with Gasteiger partial charge in [0.15, 0.2) is 0 Å².